The zero-order chi connectivity index (χ0) is 18.8. The molecule has 0 atom stereocenters. The molecule has 0 bridgehead atoms. The first-order valence-corrected chi connectivity index (χ1v) is 9.52. The van der Waals surface area contributed by atoms with E-state index in [2.05, 4.69) is 57.1 Å². The molecule has 1 saturated heterocycles. The summed E-state index contributed by atoms with van der Waals surface area (Å²) in [4.78, 5) is 14.0. The van der Waals surface area contributed by atoms with Gasteiger partial charge in [-0.1, -0.05) is 17.7 Å². The molecule has 0 saturated carbocycles. The number of hydrogen-bond donors (Lipinski definition) is 0. The van der Waals surface area contributed by atoms with Gasteiger partial charge in [0.05, 0.1) is 18.1 Å². The summed E-state index contributed by atoms with van der Waals surface area (Å²) in [6.45, 7) is 10.1. The van der Waals surface area contributed by atoms with Gasteiger partial charge in [0.2, 0.25) is 0 Å². The van der Waals surface area contributed by atoms with Gasteiger partial charge < -0.3 is 9.80 Å². The van der Waals surface area contributed by atoms with E-state index in [1.54, 1.807) is 6.20 Å². The van der Waals surface area contributed by atoms with Crippen LogP contribution < -0.4 is 9.80 Å². The van der Waals surface area contributed by atoms with E-state index in [0.29, 0.717) is 0 Å². The average molecular weight is 362 g/mol. The fourth-order valence-electron chi connectivity index (χ4n) is 3.62. The van der Waals surface area contributed by atoms with Crippen molar-refractivity contribution < 1.29 is 0 Å². The maximum Gasteiger partial charge on any atom is 0.174 e. The Morgan fingerprint density at radius 2 is 1.52 bits per heavy atom. The van der Waals surface area contributed by atoms with Crippen molar-refractivity contribution in [3.05, 3.63) is 59.7 Å². The van der Waals surface area contributed by atoms with Crippen molar-refractivity contribution in [1.82, 2.24) is 19.7 Å². The molecule has 1 aliphatic heterocycles. The molecule has 1 aliphatic rings. The van der Waals surface area contributed by atoms with E-state index in [4.69, 9.17) is 4.98 Å². The molecular formula is C21H26N6. The second-order valence-corrected chi connectivity index (χ2v) is 7.24. The van der Waals surface area contributed by atoms with Crippen LogP contribution in [0.4, 0.5) is 11.5 Å². The van der Waals surface area contributed by atoms with Crippen molar-refractivity contribution in [3.63, 3.8) is 0 Å². The summed E-state index contributed by atoms with van der Waals surface area (Å²) in [5.41, 5.74) is 4.65. The predicted molar refractivity (Wildman–Crippen MR) is 109 cm³/mol. The molecule has 4 rings (SSSR count). The topological polar surface area (TPSA) is 50.1 Å². The molecular weight excluding hydrogens is 336 g/mol. The molecule has 0 N–H and O–H groups in total. The van der Waals surface area contributed by atoms with E-state index in [1.165, 1.54) is 11.3 Å². The molecule has 27 heavy (non-hydrogen) atoms. The number of aromatic nitrogens is 4. The molecule has 0 unspecified atom stereocenters. The van der Waals surface area contributed by atoms with Gasteiger partial charge in [-0.05, 0) is 45.4 Å². The van der Waals surface area contributed by atoms with E-state index in [1.807, 2.05) is 24.7 Å². The molecule has 6 nitrogen and oxygen atoms in total. The summed E-state index contributed by atoms with van der Waals surface area (Å²) in [6, 6.07) is 10.9. The molecule has 140 valence electrons. The third-order valence-electron chi connectivity index (χ3n) is 5.05. The smallest absolute Gasteiger partial charge is 0.174 e. The second-order valence-electron chi connectivity index (χ2n) is 7.24. The van der Waals surface area contributed by atoms with Gasteiger partial charge in [0.25, 0.3) is 0 Å². The summed E-state index contributed by atoms with van der Waals surface area (Å²) in [5.74, 6) is 1.70. The van der Waals surface area contributed by atoms with E-state index < -0.39 is 0 Å². The van der Waals surface area contributed by atoms with Crippen LogP contribution in [0.25, 0.3) is 5.82 Å². The average Bonchev–Trinajstić information content (AvgIpc) is 2.87. The minimum atomic E-state index is 0.776. The Morgan fingerprint density at radius 1 is 0.815 bits per heavy atom. The highest BCUT2D eigenvalue weighted by atomic mass is 15.3. The van der Waals surface area contributed by atoms with Crippen molar-refractivity contribution in [1.29, 1.82) is 0 Å². The van der Waals surface area contributed by atoms with Crippen LogP contribution in [-0.2, 0) is 0 Å². The zero-order valence-electron chi connectivity index (χ0n) is 16.3. The van der Waals surface area contributed by atoms with Gasteiger partial charge in [0, 0.05) is 37.6 Å². The van der Waals surface area contributed by atoms with Gasteiger partial charge in [-0.25, -0.2) is 9.67 Å². The summed E-state index contributed by atoms with van der Waals surface area (Å²) >= 11 is 0. The first kappa shape index (κ1) is 17.5. The minimum Gasteiger partial charge on any atom is -0.370 e. The van der Waals surface area contributed by atoms with Gasteiger partial charge in [-0.15, -0.1) is 0 Å². The van der Waals surface area contributed by atoms with E-state index in [0.717, 1.165) is 55.6 Å². The van der Waals surface area contributed by atoms with Crippen LogP contribution in [0.15, 0.2) is 42.7 Å². The maximum absolute atomic E-state index is 4.84. The lowest BCUT2D eigenvalue weighted by Crippen LogP contribution is -2.31. The summed E-state index contributed by atoms with van der Waals surface area (Å²) in [5, 5.41) is 4.53. The largest absolute Gasteiger partial charge is 0.370 e. The maximum atomic E-state index is 4.84. The quantitative estimate of drug-likeness (QED) is 0.715. The van der Waals surface area contributed by atoms with Crippen molar-refractivity contribution in [2.75, 3.05) is 36.0 Å². The summed E-state index contributed by atoms with van der Waals surface area (Å²) in [6.07, 6.45) is 4.73. The highest BCUT2D eigenvalue weighted by Gasteiger charge is 2.17. The van der Waals surface area contributed by atoms with Crippen LogP contribution in [0, 0.1) is 20.8 Å². The Kier molecular flexibility index (Phi) is 4.79. The SMILES string of the molecule is Cc1ccc(N2CCCN(c3cncc(-n4nc(C)cc4C)n3)CC2)cc1. The monoisotopic (exact) mass is 362 g/mol. The molecule has 1 aromatic carbocycles. The number of rotatable bonds is 3. The normalized spacial score (nSPS) is 15.1. The van der Waals surface area contributed by atoms with Crippen LogP contribution in [0.3, 0.4) is 0 Å². The molecule has 0 spiro atoms. The molecule has 0 aliphatic carbocycles. The predicted octanol–water partition coefficient (Wildman–Crippen LogP) is 3.30. The fourth-order valence-corrected chi connectivity index (χ4v) is 3.62. The first-order chi connectivity index (χ1) is 13.1. The van der Waals surface area contributed by atoms with Gasteiger partial charge in [0.1, 0.15) is 5.82 Å². The second kappa shape index (κ2) is 7.39. The van der Waals surface area contributed by atoms with E-state index >= 15 is 0 Å². The van der Waals surface area contributed by atoms with Crippen LogP contribution in [0.2, 0.25) is 0 Å². The highest BCUT2D eigenvalue weighted by Crippen LogP contribution is 2.20. The number of aryl methyl sites for hydroxylation is 3. The highest BCUT2D eigenvalue weighted by molar-refractivity contribution is 5.49. The summed E-state index contributed by atoms with van der Waals surface area (Å²) < 4.78 is 1.86. The molecule has 0 amide bonds. The standard InChI is InChI=1S/C21H26N6/c1-16-5-7-19(8-6-16)25-9-4-10-26(12-11-25)20-14-22-15-21(23-20)27-18(3)13-17(2)24-27/h5-8,13-15H,4,9-12H2,1-3H3. The number of benzene rings is 1. The number of hydrogen-bond acceptors (Lipinski definition) is 5. The van der Waals surface area contributed by atoms with E-state index in [-0.39, 0.29) is 0 Å². The Hall–Kier alpha value is -2.89. The Labute approximate surface area is 160 Å². The van der Waals surface area contributed by atoms with Crippen LogP contribution in [0.1, 0.15) is 23.4 Å². The van der Waals surface area contributed by atoms with Crippen molar-refractivity contribution >= 4 is 11.5 Å². The van der Waals surface area contributed by atoms with Crippen LogP contribution in [0.5, 0.6) is 0 Å². The molecule has 1 fully saturated rings. The Bertz CT molecular complexity index is 915. The number of anilines is 2. The molecule has 2 aromatic heterocycles. The third-order valence-corrected chi connectivity index (χ3v) is 5.05. The zero-order valence-corrected chi connectivity index (χ0v) is 16.3. The van der Waals surface area contributed by atoms with Crippen LogP contribution in [-0.4, -0.2) is 45.9 Å². The van der Waals surface area contributed by atoms with Gasteiger partial charge in [0.15, 0.2) is 5.82 Å². The summed E-state index contributed by atoms with van der Waals surface area (Å²) in [7, 11) is 0. The van der Waals surface area contributed by atoms with Gasteiger partial charge in [-0.3, -0.25) is 4.98 Å². The third kappa shape index (κ3) is 3.79. The van der Waals surface area contributed by atoms with Gasteiger partial charge >= 0.3 is 0 Å². The van der Waals surface area contributed by atoms with Crippen molar-refractivity contribution in [2.45, 2.75) is 27.2 Å². The fraction of sp³-hybridized carbons (Fsp3) is 0.381. The van der Waals surface area contributed by atoms with Crippen molar-refractivity contribution in [2.24, 2.45) is 0 Å². The molecule has 0 radical (unpaired) electrons. The molecule has 6 heteroatoms. The lowest BCUT2D eigenvalue weighted by Gasteiger charge is -2.24. The lowest BCUT2D eigenvalue weighted by atomic mass is 10.2. The van der Waals surface area contributed by atoms with Crippen LogP contribution >= 0.6 is 0 Å². The Balaban J connectivity index is 1.52. The van der Waals surface area contributed by atoms with Crippen molar-refractivity contribution in [3.8, 4) is 5.82 Å². The molecule has 3 aromatic rings. The lowest BCUT2D eigenvalue weighted by molar-refractivity contribution is 0.767. The van der Waals surface area contributed by atoms with E-state index in [9.17, 15) is 0 Å². The van der Waals surface area contributed by atoms with Gasteiger partial charge in [-0.2, -0.15) is 5.10 Å². The Morgan fingerprint density at radius 3 is 2.26 bits per heavy atom. The minimum absolute atomic E-state index is 0.776. The molecule has 3 heterocycles. The first-order valence-electron chi connectivity index (χ1n) is 9.52. The number of nitrogens with zero attached hydrogens (tertiary/aromatic N) is 6.